The maximum atomic E-state index is 12.3. The predicted octanol–water partition coefficient (Wildman–Crippen LogP) is 2.34. The molecule has 1 aliphatic heterocycles. The zero-order valence-electron chi connectivity index (χ0n) is 13.5. The monoisotopic (exact) mass is 359 g/mol. The van der Waals surface area contributed by atoms with E-state index in [4.69, 9.17) is 16.0 Å². The van der Waals surface area contributed by atoms with Crippen molar-refractivity contribution in [1.29, 1.82) is 0 Å². The van der Waals surface area contributed by atoms with Crippen molar-refractivity contribution in [3.8, 4) is 0 Å². The van der Waals surface area contributed by atoms with E-state index in [2.05, 4.69) is 15.3 Å². The van der Waals surface area contributed by atoms with Crippen LogP contribution < -0.4 is 10.2 Å². The Labute approximate surface area is 147 Å². The number of halogens is 1. The molecule has 0 saturated carbocycles. The smallest absolute Gasteiger partial charge is 0.302 e. The third-order valence-electron chi connectivity index (χ3n) is 4.26. The highest BCUT2D eigenvalue weighted by Gasteiger charge is 2.36. The average Bonchev–Trinajstić information content (AvgIpc) is 3.20. The number of hydrogen-bond acceptors (Lipinski definition) is 6. The topological polar surface area (TPSA) is 93.3 Å². The van der Waals surface area contributed by atoms with Crippen LogP contribution in [0.25, 0.3) is 11.1 Å². The molecule has 0 saturated heterocycles. The zero-order valence-corrected chi connectivity index (χ0v) is 14.2. The number of anilines is 2. The van der Waals surface area contributed by atoms with Crippen molar-refractivity contribution in [2.45, 2.75) is 19.5 Å². The van der Waals surface area contributed by atoms with Gasteiger partial charge in [-0.3, -0.25) is 14.9 Å². The molecule has 2 aromatic heterocycles. The molecule has 0 radical (unpaired) electrons. The summed E-state index contributed by atoms with van der Waals surface area (Å²) in [5.74, 6) is 0.161. The van der Waals surface area contributed by atoms with Gasteiger partial charge in [0.1, 0.15) is 17.8 Å². The van der Waals surface area contributed by atoms with E-state index in [-0.39, 0.29) is 30.3 Å². The number of amides is 1. The summed E-state index contributed by atoms with van der Waals surface area (Å²) in [5.41, 5.74) is 1.51. The van der Waals surface area contributed by atoms with Gasteiger partial charge in [-0.15, -0.1) is 0 Å². The van der Waals surface area contributed by atoms with E-state index < -0.39 is 0 Å². The maximum Gasteiger partial charge on any atom is 0.302 e. The molecule has 1 aliphatic rings. The minimum atomic E-state index is -0.368. The van der Waals surface area contributed by atoms with Gasteiger partial charge in [-0.05, 0) is 19.1 Å². The molecule has 0 fully saturated rings. The highest BCUT2D eigenvalue weighted by Crippen LogP contribution is 2.29. The highest BCUT2D eigenvalue weighted by atomic mass is 35.5. The number of Topliss-reactive ketones (excluding diaryl/α,β-unsaturated/α-hetero) is 1. The predicted molar refractivity (Wildman–Crippen MR) is 92.1 cm³/mol. The summed E-state index contributed by atoms with van der Waals surface area (Å²) in [6, 6.07) is 4.81. The normalized spacial score (nSPS) is 16.5. The highest BCUT2D eigenvalue weighted by molar-refractivity contribution is 6.31. The first-order valence-electron chi connectivity index (χ1n) is 7.62. The van der Waals surface area contributed by atoms with E-state index in [9.17, 15) is 9.59 Å². The number of oxazole rings is 1. The van der Waals surface area contributed by atoms with E-state index in [1.807, 2.05) is 0 Å². The summed E-state index contributed by atoms with van der Waals surface area (Å²) in [5, 5.41) is 3.10. The molecule has 0 spiro atoms. The fourth-order valence-corrected chi connectivity index (χ4v) is 2.99. The minimum Gasteiger partial charge on any atom is -0.423 e. The number of nitrogens with one attached hydrogen (secondary N) is 1. The summed E-state index contributed by atoms with van der Waals surface area (Å²) in [7, 11) is 1.80. The standard InChI is InChI=1S/C16H14ClN5O3/c1-8-14(24)13-15(21(8)2)18-7-22(13)6-12(23)20-16-19-10-4-3-9(17)5-11(10)25-16/h3-5,7-8H,6H2,1-2H3,(H,19,20,23). The van der Waals surface area contributed by atoms with Crippen LogP contribution in [0.15, 0.2) is 28.9 Å². The number of imidazole rings is 1. The van der Waals surface area contributed by atoms with Crippen molar-refractivity contribution in [3.63, 3.8) is 0 Å². The van der Waals surface area contributed by atoms with E-state index >= 15 is 0 Å². The van der Waals surface area contributed by atoms with Crippen LogP contribution in [-0.2, 0) is 11.3 Å². The van der Waals surface area contributed by atoms with Crippen molar-refractivity contribution in [3.05, 3.63) is 35.2 Å². The summed E-state index contributed by atoms with van der Waals surface area (Å²) in [6.45, 7) is 1.74. The lowest BCUT2D eigenvalue weighted by molar-refractivity contribution is -0.116. The Kier molecular flexibility index (Phi) is 3.50. The lowest BCUT2D eigenvalue weighted by Gasteiger charge is -2.14. The number of fused-ring (bicyclic) bond motifs is 2. The summed E-state index contributed by atoms with van der Waals surface area (Å²) < 4.78 is 6.99. The molecular weight excluding hydrogens is 346 g/mol. The summed E-state index contributed by atoms with van der Waals surface area (Å²) in [6.07, 6.45) is 1.48. The van der Waals surface area contributed by atoms with E-state index in [0.717, 1.165) is 0 Å². The third-order valence-corrected chi connectivity index (χ3v) is 4.49. The molecule has 0 bridgehead atoms. The van der Waals surface area contributed by atoms with E-state index in [0.29, 0.717) is 27.6 Å². The molecule has 1 aromatic carbocycles. The number of hydrogen-bond donors (Lipinski definition) is 1. The zero-order chi connectivity index (χ0) is 17.7. The van der Waals surface area contributed by atoms with Gasteiger partial charge in [-0.2, -0.15) is 4.98 Å². The molecule has 9 heteroatoms. The molecule has 3 aromatic rings. The third kappa shape index (κ3) is 2.54. The van der Waals surface area contributed by atoms with Crippen molar-refractivity contribution < 1.29 is 14.0 Å². The van der Waals surface area contributed by atoms with Crippen molar-refractivity contribution in [2.24, 2.45) is 0 Å². The number of nitrogens with zero attached hydrogens (tertiary/aromatic N) is 4. The Morgan fingerprint density at radius 1 is 1.44 bits per heavy atom. The van der Waals surface area contributed by atoms with Crippen molar-refractivity contribution in [1.82, 2.24) is 14.5 Å². The number of rotatable bonds is 3. The van der Waals surface area contributed by atoms with Gasteiger partial charge in [0.2, 0.25) is 11.7 Å². The molecule has 1 amide bonds. The fraction of sp³-hybridized carbons (Fsp3) is 0.250. The molecule has 25 heavy (non-hydrogen) atoms. The molecule has 1 atom stereocenters. The fourth-order valence-electron chi connectivity index (χ4n) is 2.82. The first-order valence-corrected chi connectivity index (χ1v) is 8.00. The molecular formula is C16H14ClN5O3. The molecule has 8 nitrogen and oxygen atoms in total. The van der Waals surface area contributed by atoms with E-state index in [1.165, 1.54) is 10.9 Å². The number of carbonyl (C=O) groups excluding carboxylic acids is 2. The van der Waals surface area contributed by atoms with Crippen LogP contribution in [0.4, 0.5) is 11.8 Å². The molecule has 4 rings (SSSR count). The lowest BCUT2D eigenvalue weighted by atomic mass is 10.2. The number of ketones is 1. The Hall–Kier alpha value is -2.87. The van der Waals surface area contributed by atoms with Gasteiger partial charge in [-0.25, -0.2) is 4.98 Å². The molecule has 0 aliphatic carbocycles. The number of aromatic nitrogens is 3. The molecule has 1 N–H and O–H groups in total. The second-order valence-corrected chi connectivity index (χ2v) is 6.31. The van der Waals surface area contributed by atoms with Crippen LogP contribution in [0.5, 0.6) is 0 Å². The second-order valence-electron chi connectivity index (χ2n) is 5.88. The Morgan fingerprint density at radius 3 is 3.04 bits per heavy atom. The molecule has 1 unspecified atom stereocenters. The van der Waals surface area contributed by atoms with Gasteiger partial charge >= 0.3 is 6.01 Å². The van der Waals surface area contributed by atoms with E-state index in [1.54, 1.807) is 37.1 Å². The maximum absolute atomic E-state index is 12.3. The van der Waals surface area contributed by atoms with Crippen LogP contribution in [-0.4, -0.2) is 39.3 Å². The van der Waals surface area contributed by atoms with Gasteiger partial charge in [0.05, 0.1) is 12.4 Å². The Bertz CT molecular complexity index is 1010. The largest absolute Gasteiger partial charge is 0.423 e. The van der Waals surface area contributed by atoms with Crippen LogP contribution in [0.2, 0.25) is 5.02 Å². The van der Waals surface area contributed by atoms with Crippen molar-refractivity contribution in [2.75, 3.05) is 17.3 Å². The van der Waals surface area contributed by atoms with Crippen LogP contribution in [0.3, 0.4) is 0 Å². The molecule has 3 heterocycles. The Balaban J connectivity index is 1.53. The van der Waals surface area contributed by atoms with Crippen LogP contribution in [0, 0.1) is 0 Å². The number of likely N-dealkylation sites (N-methyl/N-ethyl adjacent to an activating group) is 1. The van der Waals surface area contributed by atoms with Gasteiger partial charge in [0, 0.05) is 18.1 Å². The van der Waals surface area contributed by atoms with Gasteiger partial charge in [0.25, 0.3) is 0 Å². The van der Waals surface area contributed by atoms with Crippen LogP contribution >= 0.6 is 11.6 Å². The van der Waals surface area contributed by atoms with Crippen molar-refractivity contribution >= 4 is 46.2 Å². The van der Waals surface area contributed by atoms with Crippen LogP contribution in [0.1, 0.15) is 17.4 Å². The summed E-state index contributed by atoms with van der Waals surface area (Å²) >= 11 is 5.90. The molecule has 128 valence electrons. The Morgan fingerprint density at radius 2 is 2.24 bits per heavy atom. The quantitative estimate of drug-likeness (QED) is 0.771. The first-order chi connectivity index (χ1) is 11.9. The second kappa shape index (κ2) is 5.59. The number of carbonyl (C=O) groups is 2. The summed E-state index contributed by atoms with van der Waals surface area (Å²) in [4.78, 5) is 34.8. The number of benzene rings is 1. The van der Waals surface area contributed by atoms with Gasteiger partial charge in [-0.1, -0.05) is 11.6 Å². The minimum absolute atomic E-state index is 0.0562. The lowest BCUT2D eigenvalue weighted by Crippen LogP contribution is -2.29. The van der Waals surface area contributed by atoms with Gasteiger partial charge in [0.15, 0.2) is 11.4 Å². The average molecular weight is 360 g/mol. The SMILES string of the molecule is CC1C(=O)c2c(ncn2CC(=O)Nc2nc3ccc(Cl)cc3o2)N1C. The first kappa shape index (κ1) is 15.6. The van der Waals surface area contributed by atoms with Gasteiger partial charge < -0.3 is 13.9 Å².